The number of rotatable bonds is 4. The van der Waals surface area contributed by atoms with Crippen LogP contribution in [0.25, 0.3) is 4.96 Å². The Morgan fingerprint density at radius 2 is 2.30 bits per heavy atom. The summed E-state index contributed by atoms with van der Waals surface area (Å²) in [5.41, 5.74) is 2.63. The number of nitrogens with one attached hydrogen (secondary N) is 1. The van der Waals surface area contributed by atoms with Crippen molar-refractivity contribution in [3.63, 3.8) is 0 Å². The van der Waals surface area contributed by atoms with E-state index >= 15 is 0 Å². The van der Waals surface area contributed by atoms with Gasteiger partial charge in [-0.1, -0.05) is 12.1 Å². The highest BCUT2D eigenvalue weighted by Gasteiger charge is 2.09. The highest BCUT2D eigenvalue weighted by molar-refractivity contribution is 7.15. The second kappa shape index (κ2) is 5.34. The van der Waals surface area contributed by atoms with Gasteiger partial charge >= 0.3 is 0 Å². The summed E-state index contributed by atoms with van der Waals surface area (Å²) >= 11 is 1.62. The normalized spacial score (nSPS) is 12.9. The maximum Gasteiger partial charge on any atom is 0.193 e. The fourth-order valence-electron chi connectivity index (χ4n) is 2.12. The molecule has 0 radical (unpaired) electrons. The molecule has 0 spiro atoms. The minimum absolute atomic E-state index is 0.0878. The van der Waals surface area contributed by atoms with Crippen molar-refractivity contribution in [2.75, 3.05) is 0 Å². The molecule has 3 nitrogen and oxygen atoms in total. The fourth-order valence-corrected chi connectivity index (χ4v) is 2.83. The Labute approximate surface area is 121 Å². The predicted molar refractivity (Wildman–Crippen MR) is 79.5 cm³/mol. The first-order valence-corrected chi connectivity index (χ1v) is 7.42. The van der Waals surface area contributed by atoms with E-state index in [-0.39, 0.29) is 11.9 Å². The van der Waals surface area contributed by atoms with E-state index in [1.54, 1.807) is 24.3 Å². The van der Waals surface area contributed by atoms with Crippen LogP contribution < -0.4 is 5.32 Å². The molecule has 2 aromatic heterocycles. The summed E-state index contributed by atoms with van der Waals surface area (Å²) in [5, 5.41) is 5.39. The summed E-state index contributed by atoms with van der Waals surface area (Å²) in [4.78, 5) is 5.51. The molecule has 2 heterocycles. The van der Waals surface area contributed by atoms with Crippen LogP contribution in [0, 0.1) is 12.7 Å². The van der Waals surface area contributed by atoms with Gasteiger partial charge < -0.3 is 5.32 Å². The minimum Gasteiger partial charge on any atom is -0.305 e. The monoisotopic (exact) mass is 289 g/mol. The van der Waals surface area contributed by atoms with E-state index in [4.69, 9.17) is 0 Å². The van der Waals surface area contributed by atoms with E-state index in [0.717, 1.165) is 16.2 Å². The van der Waals surface area contributed by atoms with Crippen molar-refractivity contribution in [1.29, 1.82) is 0 Å². The molecule has 0 aliphatic rings. The second-order valence-electron chi connectivity index (χ2n) is 4.94. The zero-order valence-electron chi connectivity index (χ0n) is 11.4. The number of fused-ring (bicyclic) bond motifs is 1. The molecule has 0 amide bonds. The molecule has 0 saturated carbocycles. The quantitative estimate of drug-likeness (QED) is 0.793. The molecule has 1 N–H and O–H groups in total. The average Bonchev–Trinajstić information content (AvgIpc) is 3.00. The van der Waals surface area contributed by atoms with Crippen LogP contribution >= 0.6 is 11.3 Å². The smallest absolute Gasteiger partial charge is 0.193 e. The summed E-state index contributed by atoms with van der Waals surface area (Å²) < 4.78 is 15.6. The number of benzene rings is 1. The van der Waals surface area contributed by atoms with Gasteiger partial charge in [-0.25, -0.2) is 9.37 Å². The van der Waals surface area contributed by atoms with Gasteiger partial charge in [0.1, 0.15) is 5.82 Å². The Kier molecular flexibility index (Phi) is 3.54. The number of nitrogens with zero attached hydrogens (tertiary/aromatic N) is 2. The van der Waals surface area contributed by atoms with Gasteiger partial charge in [-0.15, -0.1) is 11.3 Å². The van der Waals surface area contributed by atoms with E-state index in [1.807, 2.05) is 41.2 Å². The van der Waals surface area contributed by atoms with E-state index in [9.17, 15) is 4.39 Å². The molecule has 1 aromatic carbocycles. The van der Waals surface area contributed by atoms with Gasteiger partial charge in [0.25, 0.3) is 0 Å². The lowest BCUT2D eigenvalue weighted by atomic mass is 10.1. The Bertz CT molecular complexity index is 703. The summed E-state index contributed by atoms with van der Waals surface area (Å²) in [6, 6.07) is 5.46. The molecule has 0 bridgehead atoms. The van der Waals surface area contributed by atoms with Crippen LogP contribution in [0.1, 0.15) is 29.8 Å². The molecule has 3 aromatic rings. The number of aromatic nitrogens is 2. The van der Waals surface area contributed by atoms with Gasteiger partial charge in [-0.2, -0.15) is 0 Å². The van der Waals surface area contributed by atoms with Crippen LogP contribution in [0.15, 0.2) is 36.0 Å². The van der Waals surface area contributed by atoms with Crippen molar-refractivity contribution in [3.8, 4) is 0 Å². The first-order valence-electron chi connectivity index (χ1n) is 6.54. The molecule has 1 atom stereocenters. The highest BCUT2D eigenvalue weighted by Crippen LogP contribution is 2.17. The van der Waals surface area contributed by atoms with Crippen molar-refractivity contribution >= 4 is 16.3 Å². The molecular formula is C15H16FN3S. The number of hydrogen-bond donors (Lipinski definition) is 1. The first-order chi connectivity index (χ1) is 9.63. The van der Waals surface area contributed by atoms with Crippen LogP contribution in [0.4, 0.5) is 4.39 Å². The summed E-state index contributed by atoms with van der Waals surface area (Å²) in [5.74, 6) is -0.154. The number of aryl methyl sites for hydroxylation is 1. The topological polar surface area (TPSA) is 29.3 Å². The standard InChI is InChI=1S/C15H16FN3S/c1-10-3-4-12(7-14(10)16)11(2)17-8-13-9-19-5-6-20-15(19)18-13/h3-7,9,11,17H,8H2,1-2H3. The Balaban J connectivity index is 1.67. The largest absolute Gasteiger partial charge is 0.305 e. The Morgan fingerprint density at radius 1 is 1.45 bits per heavy atom. The van der Waals surface area contributed by atoms with Crippen LogP contribution in [0.5, 0.6) is 0 Å². The lowest BCUT2D eigenvalue weighted by molar-refractivity contribution is 0.559. The molecular weight excluding hydrogens is 273 g/mol. The van der Waals surface area contributed by atoms with Gasteiger partial charge in [0.2, 0.25) is 0 Å². The van der Waals surface area contributed by atoms with Gasteiger partial charge in [0, 0.05) is 30.4 Å². The number of imidazole rings is 1. The highest BCUT2D eigenvalue weighted by atomic mass is 32.1. The molecule has 0 aliphatic heterocycles. The molecule has 1 unspecified atom stereocenters. The number of halogens is 1. The zero-order valence-corrected chi connectivity index (χ0v) is 12.2. The number of hydrogen-bond acceptors (Lipinski definition) is 3. The van der Waals surface area contributed by atoms with Crippen LogP contribution in [0.3, 0.4) is 0 Å². The van der Waals surface area contributed by atoms with Crippen LogP contribution in [0.2, 0.25) is 0 Å². The third-order valence-electron chi connectivity index (χ3n) is 3.43. The van der Waals surface area contributed by atoms with Gasteiger partial charge in [-0.05, 0) is 31.0 Å². The van der Waals surface area contributed by atoms with Gasteiger partial charge in [0.15, 0.2) is 4.96 Å². The van der Waals surface area contributed by atoms with E-state index < -0.39 is 0 Å². The third kappa shape index (κ3) is 2.59. The van der Waals surface area contributed by atoms with Crippen molar-refractivity contribution < 1.29 is 4.39 Å². The van der Waals surface area contributed by atoms with E-state index in [1.165, 1.54) is 0 Å². The molecule has 5 heteroatoms. The van der Waals surface area contributed by atoms with Crippen LogP contribution in [-0.4, -0.2) is 9.38 Å². The van der Waals surface area contributed by atoms with Gasteiger partial charge in [0.05, 0.1) is 5.69 Å². The second-order valence-corrected chi connectivity index (χ2v) is 5.81. The Morgan fingerprint density at radius 3 is 3.05 bits per heavy atom. The summed E-state index contributed by atoms with van der Waals surface area (Å²) in [7, 11) is 0. The number of thiazole rings is 1. The van der Waals surface area contributed by atoms with Gasteiger partial charge in [-0.3, -0.25) is 4.40 Å². The minimum atomic E-state index is -0.154. The lowest BCUT2D eigenvalue weighted by Gasteiger charge is -2.14. The SMILES string of the molecule is Cc1ccc(C(C)NCc2cn3ccsc3n2)cc1F. The maximum atomic E-state index is 13.6. The van der Waals surface area contributed by atoms with Crippen LogP contribution in [-0.2, 0) is 6.54 Å². The predicted octanol–water partition coefficient (Wildman–Crippen LogP) is 3.69. The third-order valence-corrected chi connectivity index (χ3v) is 4.20. The average molecular weight is 289 g/mol. The first kappa shape index (κ1) is 13.3. The molecule has 0 fully saturated rings. The molecule has 0 saturated heterocycles. The molecule has 20 heavy (non-hydrogen) atoms. The maximum absolute atomic E-state index is 13.6. The van der Waals surface area contributed by atoms with E-state index in [2.05, 4.69) is 10.3 Å². The summed E-state index contributed by atoms with van der Waals surface area (Å²) in [6.45, 7) is 4.47. The summed E-state index contributed by atoms with van der Waals surface area (Å²) in [6.07, 6.45) is 4.01. The van der Waals surface area contributed by atoms with Crippen molar-refractivity contribution in [2.45, 2.75) is 26.4 Å². The van der Waals surface area contributed by atoms with Crippen molar-refractivity contribution in [1.82, 2.24) is 14.7 Å². The Hall–Kier alpha value is -1.72. The molecule has 104 valence electrons. The molecule has 3 rings (SSSR count). The lowest BCUT2D eigenvalue weighted by Crippen LogP contribution is -2.18. The van der Waals surface area contributed by atoms with Crippen molar-refractivity contribution in [3.05, 3.63) is 58.6 Å². The molecule has 0 aliphatic carbocycles. The van der Waals surface area contributed by atoms with E-state index in [0.29, 0.717) is 12.1 Å². The van der Waals surface area contributed by atoms with Crippen molar-refractivity contribution in [2.24, 2.45) is 0 Å². The zero-order chi connectivity index (χ0) is 14.1. The fraction of sp³-hybridized carbons (Fsp3) is 0.267.